The monoisotopic (exact) mass is 352 g/mol. The zero-order chi connectivity index (χ0) is 16.8. The third kappa shape index (κ3) is 4.77. The summed E-state index contributed by atoms with van der Waals surface area (Å²) < 4.78 is 5.30. The standard InChI is InChI=1S/C15H16N2O4S2/c1-21-11-4-2-3-10(9-11)16-12(18)7-8-23-15(22)17-13(19)5-6-14(17)20/h2-4,9H,5-8H2,1H3,(H,16,18). The minimum atomic E-state index is -0.270. The van der Waals surface area contributed by atoms with Crippen LogP contribution in [0.5, 0.6) is 5.75 Å². The smallest absolute Gasteiger partial charge is 0.235 e. The first-order valence-corrected chi connectivity index (χ1v) is 8.37. The fourth-order valence-electron chi connectivity index (χ4n) is 2.00. The number of anilines is 1. The van der Waals surface area contributed by atoms with Gasteiger partial charge < -0.3 is 10.1 Å². The summed E-state index contributed by atoms with van der Waals surface area (Å²) in [5.74, 6) is 0.338. The zero-order valence-electron chi connectivity index (χ0n) is 12.5. The van der Waals surface area contributed by atoms with Gasteiger partial charge in [-0.1, -0.05) is 30.0 Å². The number of carbonyl (C=O) groups excluding carboxylic acids is 3. The number of carbonyl (C=O) groups is 3. The Kier molecular flexibility index (Phi) is 6.12. The number of benzene rings is 1. The van der Waals surface area contributed by atoms with Crippen molar-refractivity contribution in [3.8, 4) is 5.75 Å². The number of amides is 3. The van der Waals surface area contributed by atoms with Crippen molar-refractivity contribution < 1.29 is 19.1 Å². The van der Waals surface area contributed by atoms with Crippen molar-refractivity contribution in [2.45, 2.75) is 19.3 Å². The van der Waals surface area contributed by atoms with Crippen LogP contribution in [0.1, 0.15) is 19.3 Å². The van der Waals surface area contributed by atoms with Crippen LogP contribution >= 0.6 is 24.0 Å². The zero-order valence-corrected chi connectivity index (χ0v) is 14.2. The lowest BCUT2D eigenvalue weighted by Crippen LogP contribution is -2.32. The van der Waals surface area contributed by atoms with E-state index in [1.54, 1.807) is 31.4 Å². The van der Waals surface area contributed by atoms with E-state index in [0.717, 1.165) is 16.7 Å². The maximum Gasteiger partial charge on any atom is 0.235 e. The van der Waals surface area contributed by atoms with Crippen molar-refractivity contribution in [2.75, 3.05) is 18.2 Å². The number of thiocarbonyl (C=S) groups is 1. The highest BCUT2D eigenvalue weighted by molar-refractivity contribution is 8.23. The lowest BCUT2D eigenvalue weighted by Gasteiger charge is -2.13. The molecule has 8 heteroatoms. The molecule has 1 aliphatic rings. The van der Waals surface area contributed by atoms with Crippen LogP contribution in [0, 0.1) is 0 Å². The van der Waals surface area contributed by atoms with Gasteiger partial charge in [0.25, 0.3) is 0 Å². The molecule has 1 aromatic rings. The molecular weight excluding hydrogens is 336 g/mol. The van der Waals surface area contributed by atoms with Crippen molar-refractivity contribution in [1.29, 1.82) is 0 Å². The average Bonchev–Trinajstić information content (AvgIpc) is 2.86. The van der Waals surface area contributed by atoms with E-state index in [4.69, 9.17) is 17.0 Å². The Labute approximate surface area is 143 Å². The maximum absolute atomic E-state index is 11.9. The molecule has 3 amide bonds. The van der Waals surface area contributed by atoms with Gasteiger partial charge in [-0.05, 0) is 12.1 Å². The fraction of sp³-hybridized carbons (Fsp3) is 0.333. The highest BCUT2D eigenvalue weighted by Gasteiger charge is 2.32. The molecule has 1 fully saturated rings. The lowest BCUT2D eigenvalue weighted by molar-refractivity contribution is -0.133. The van der Waals surface area contributed by atoms with Crippen LogP contribution < -0.4 is 10.1 Å². The largest absolute Gasteiger partial charge is 0.497 e. The molecule has 1 aliphatic heterocycles. The number of nitrogens with zero attached hydrogens (tertiary/aromatic N) is 1. The Hall–Kier alpha value is -1.93. The second-order valence-corrected chi connectivity index (χ2v) is 6.50. The van der Waals surface area contributed by atoms with Crippen LogP contribution in [0.25, 0.3) is 0 Å². The average molecular weight is 352 g/mol. The molecule has 1 N–H and O–H groups in total. The molecule has 1 heterocycles. The summed E-state index contributed by atoms with van der Waals surface area (Å²) in [4.78, 5) is 36.0. The van der Waals surface area contributed by atoms with Gasteiger partial charge in [0.05, 0.1) is 7.11 Å². The number of likely N-dealkylation sites (tertiary alicyclic amines) is 1. The van der Waals surface area contributed by atoms with Crippen LogP contribution in [0.4, 0.5) is 5.69 Å². The summed E-state index contributed by atoms with van der Waals surface area (Å²) in [6, 6.07) is 7.05. The van der Waals surface area contributed by atoms with E-state index in [1.807, 2.05) is 0 Å². The number of thioether (sulfide) groups is 1. The molecule has 1 aromatic carbocycles. The first-order chi connectivity index (χ1) is 11.0. The van der Waals surface area contributed by atoms with E-state index in [0.29, 0.717) is 17.2 Å². The van der Waals surface area contributed by atoms with Gasteiger partial charge in [-0.25, -0.2) is 4.90 Å². The van der Waals surface area contributed by atoms with E-state index in [9.17, 15) is 14.4 Å². The van der Waals surface area contributed by atoms with Crippen LogP contribution in [0.2, 0.25) is 0 Å². The summed E-state index contributed by atoms with van der Waals surface area (Å²) in [6.07, 6.45) is 0.629. The third-order valence-electron chi connectivity index (χ3n) is 3.14. The molecular formula is C15H16N2O4S2. The second-order valence-electron chi connectivity index (χ2n) is 4.77. The van der Waals surface area contributed by atoms with Gasteiger partial charge in [0.15, 0.2) is 0 Å². The predicted octanol–water partition coefficient (Wildman–Crippen LogP) is 2.19. The Morgan fingerprint density at radius 1 is 1.35 bits per heavy atom. The van der Waals surface area contributed by atoms with Crippen molar-refractivity contribution >= 4 is 51.7 Å². The van der Waals surface area contributed by atoms with Gasteiger partial charge in [0.2, 0.25) is 17.7 Å². The fourth-order valence-corrected chi connectivity index (χ4v) is 3.25. The maximum atomic E-state index is 11.9. The molecule has 0 radical (unpaired) electrons. The van der Waals surface area contributed by atoms with E-state index >= 15 is 0 Å². The number of methoxy groups -OCH3 is 1. The summed E-state index contributed by atoms with van der Waals surface area (Å²) in [7, 11) is 1.56. The third-order valence-corrected chi connectivity index (χ3v) is 4.52. The van der Waals surface area contributed by atoms with Crippen molar-refractivity contribution in [3.63, 3.8) is 0 Å². The lowest BCUT2D eigenvalue weighted by atomic mass is 10.3. The summed E-state index contributed by atoms with van der Waals surface area (Å²) in [6.45, 7) is 0. The number of ether oxygens (including phenoxy) is 1. The van der Waals surface area contributed by atoms with Crippen molar-refractivity contribution in [2.24, 2.45) is 0 Å². The highest BCUT2D eigenvalue weighted by Crippen LogP contribution is 2.20. The van der Waals surface area contributed by atoms with Crippen molar-refractivity contribution in [3.05, 3.63) is 24.3 Å². The Balaban J connectivity index is 1.77. The minimum absolute atomic E-state index is 0.173. The van der Waals surface area contributed by atoms with Crippen molar-refractivity contribution in [1.82, 2.24) is 4.90 Å². The molecule has 0 unspecified atom stereocenters. The first kappa shape index (κ1) is 17.4. The van der Waals surface area contributed by atoms with E-state index in [2.05, 4.69) is 5.32 Å². The van der Waals surface area contributed by atoms with Gasteiger partial charge >= 0.3 is 0 Å². The molecule has 0 aliphatic carbocycles. The number of hydrogen-bond donors (Lipinski definition) is 1. The normalized spacial score (nSPS) is 14.0. The molecule has 0 spiro atoms. The topological polar surface area (TPSA) is 75.7 Å². The molecule has 23 heavy (non-hydrogen) atoms. The molecule has 0 atom stereocenters. The first-order valence-electron chi connectivity index (χ1n) is 6.97. The molecule has 6 nitrogen and oxygen atoms in total. The van der Waals surface area contributed by atoms with Gasteiger partial charge in [-0.2, -0.15) is 0 Å². The van der Waals surface area contributed by atoms with Gasteiger partial charge in [0.1, 0.15) is 10.1 Å². The number of nitrogens with one attached hydrogen (secondary N) is 1. The predicted molar refractivity (Wildman–Crippen MR) is 92.4 cm³/mol. The molecule has 0 bridgehead atoms. The van der Waals surface area contributed by atoms with Crippen LogP contribution in [-0.4, -0.2) is 39.8 Å². The van der Waals surface area contributed by atoms with E-state index < -0.39 is 0 Å². The van der Waals surface area contributed by atoms with Crippen LogP contribution in [-0.2, 0) is 14.4 Å². The molecule has 122 valence electrons. The van der Waals surface area contributed by atoms with Crippen LogP contribution in [0.15, 0.2) is 24.3 Å². The van der Waals surface area contributed by atoms with E-state index in [-0.39, 0.29) is 41.3 Å². The minimum Gasteiger partial charge on any atom is -0.497 e. The summed E-state index contributed by atoms with van der Waals surface area (Å²) in [5.41, 5.74) is 0.645. The summed E-state index contributed by atoms with van der Waals surface area (Å²) >= 11 is 6.24. The SMILES string of the molecule is COc1cccc(NC(=O)CCSC(=S)N2C(=O)CCC2=O)c1. The number of imide groups is 1. The van der Waals surface area contributed by atoms with Gasteiger partial charge in [-0.3, -0.25) is 14.4 Å². The molecule has 0 saturated carbocycles. The highest BCUT2D eigenvalue weighted by atomic mass is 32.2. The number of hydrogen-bond acceptors (Lipinski definition) is 6. The quantitative estimate of drug-likeness (QED) is 0.647. The van der Waals surface area contributed by atoms with E-state index in [1.165, 1.54) is 0 Å². The Bertz CT molecular complexity index is 632. The van der Waals surface area contributed by atoms with Gasteiger partial charge in [0, 0.05) is 36.8 Å². The molecule has 0 aromatic heterocycles. The number of rotatable bonds is 5. The molecule has 1 saturated heterocycles. The summed E-state index contributed by atoms with van der Waals surface area (Å²) in [5, 5.41) is 2.75. The Morgan fingerprint density at radius 2 is 2.04 bits per heavy atom. The molecule has 2 rings (SSSR count). The van der Waals surface area contributed by atoms with Gasteiger partial charge in [-0.15, -0.1) is 0 Å². The second kappa shape index (κ2) is 8.07. The Morgan fingerprint density at radius 3 is 2.70 bits per heavy atom. The van der Waals surface area contributed by atoms with Crippen LogP contribution in [0.3, 0.4) is 0 Å².